The minimum absolute atomic E-state index is 0.158. The lowest BCUT2D eigenvalue weighted by Gasteiger charge is -2.38. The average molecular weight is 278 g/mol. The monoisotopic (exact) mass is 278 g/mol. The van der Waals surface area contributed by atoms with Gasteiger partial charge in [0.1, 0.15) is 11.3 Å². The summed E-state index contributed by atoms with van der Waals surface area (Å²) in [4.78, 5) is 14.5. The molecule has 2 N–H and O–H groups in total. The molecule has 1 fully saturated rings. The second-order valence-electron chi connectivity index (χ2n) is 5.20. The third-order valence-electron chi connectivity index (χ3n) is 3.96. The van der Waals surface area contributed by atoms with Crippen molar-refractivity contribution in [1.82, 2.24) is 10.2 Å². The van der Waals surface area contributed by atoms with Crippen LogP contribution in [0, 0.1) is 0 Å². The Morgan fingerprint density at radius 2 is 2.20 bits per heavy atom. The number of methoxy groups -OCH3 is 1. The maximum absolute atomic E-state index is 12.4. The van der Waals surface area contributed by atoms with Crippen LogP contribution in [0.2, 0.25) is 0 Å². The van der Waals surface area contributed by atoms with Crippen LogP contribution in [0.5, 0.6) is 5.75 Å². The van der Waals surface area contributed by atoms with Crippen molar-refractivity contribution in [2.45, 2.75) is 18.9 Å². The van der Waals surface area contributed by atoms with E-state index < -0.39 is 5.54 Å². The van der Waals surface area contributed by atoms with Gasteiger partial charge in [-0.05, 0) is 37.6 Å². The number of phenols is 1. The molecule has 0 saturated carbocycles. The molecule has 0 aromatic heterocycles. The molecule has 20 heavy (non-hydrogen) atoms. The van der Waals surface area contributed by atoms with Crippen molar-refractivity contribution in [2.75, 3.05) is 33.3 Å². The minimum Gasteiger partial charge on any atom is -0.508 e. The zero-order valence-corrected chi connectivity index (χ0v) is 12.1. The molecule has 1 aliphatic rings. The molecule has 1 unspecified atom stereocenters. The highest BCUT2D eigenvalue weighted by Crippen LogP contribution is 2.32. The molecule has 0 spiro atoms. The number of hydrogen-bond donors (Lipinski definition) is 2. The number of aromatic hydroxyl groups is 1. The summed E-state index contributed by atoms with van der Waals surface area (Å²) in [6.07, 6.45) is 0.978. The highest BCUT2D eigenvalue weighted by Gasteiger charge is 2.42. The smallest absolute Gasteiger partial charge is 0.330 e. The highest BCUT2D eigenvalue weighted by atomic mass is 16.5. The van der Waals surface area contributed by atoms with Gasteiger partial charge in [0.15, 0.2) is 0 Å². The van der Waals surface area contributed by atoms with Crippen LogP contribution in [0.3, 0.4) is 0 Å². The van der Waals surface area contributed by atoms with Gasteiger partial charge in [-0.2, -0.15) is 0 Å². The van der Waals surface area contributed by atoms with Gasteiger partial charge in [-0.15, -0.1) is 0 Å². The molecule has 1 aliphatic heterocycles. The van der Waals surface area contributed by atoms with E-state index in [2.05, 4.69) is 10.2 Å². The van der Waals surface area contributed by atoms with E-state index in [4.69, 9.17) is 4.74 Å². The summed E-state index contributed by atoms with van der Waals surface area (Å²) in [5, 5.41) is 13.0. The Bertz CT molecular complexity index is 470. The minimum atomic E-state index is -0.875. The Labute approximate surface area is 119 Å². The summed E-state index contributed by atoms with van der Waals surface area (Å²) in [5.74, 6) is -0.143. The average Bonchev–Trinajstić information content (AvgIpc) is 2.75. The first kappa shape index (κ1) is 14.8. The lowest BCUT2D eigenvalue weighted by atomic mass is 9.89. The number of nitrogens with zero attached hydrogens (tertiary/aromatic N) is 1. The maximum Gasteiger partial charge on any atom is 0.330 e. The quantitative estimate of drug-likeness (QED) is 0.810. The van der Waals surface area contributed by atoms with Crippen molar-refractivity contribution < 1.29 is 14.6 Å². The van der Waals surface area contributed by atoms with E-state index in [9.17, 15) is 9.90 Å². The van der Waals surface area contributed by atoms with Crippen molar-refractivity contribution in [3.63, 3.8) is 0 Å². The van der Waals surface area contributed by atoms with Gasteiger partial charge in [0.05, 0.1) is 7.11 Å². The first-order valence-corrected chi connectivity index (χ1v) is 6.92. The summed E-state index contributed by atoms with van der Waals surface area (Å²) in [5.41, 5.74) is -0.120. The third-order valence-corrected chi connectivity index (χ3v) is 3.96. The predicted octanol–water partition coefficient (Wildman–Crippen LogP) is 1.08. The summed E-state index contributed by atoms with van der Waals surface area (Å²) in [7, 11) is 1.40. The summed E-state index contributed by atoms with van der Waals surface area (Å²) >= 11 is 0. The van der Waals surface area contributed by atoms with Crippen LogP contribution in [-0.2, 0) is 15.1 Å². The van der Waals surface area contributed by atoms with E-state index in [0.717, 1.165) is 38.2 Å². The van der Waals surface area contributed by atoms with E-state index in [0.29, 0.717) is 0 Å². The summed E-state index contributed by atoms with van der Waals surface area (Å²) in [6, 6.07) is 6.84. The normalized spacial score (nSPS) is 19.9. The molecule has 1 heterocycles. The van der Waals surface area contributed by atoms with E-state index in [1.165, 1.54) is 7.11 Å². The van der Waals surface area contributed by atoms with Gasteiger partial charge in [-0.1, -0.05) is 12.1 Å². The second-order valence-corrected chi connectivity index (χ2v) is 5.20. The Kier molecular flexibility index (Phi) is 4.62. The standard InChI is InChI=1S/C15H22N2O3/c1-15(14(19)20-2,12-5-3-6-13(18)11-12)17-9-4-7-16-8-10-17/h3,5-6,11,16,18H,4,7-10H2,1-2H3. The van der Waals surface area contributed by atoms with Gasteiger partial charge < -0.3 is 15.2 Å². The SMILES string of the molecule is COC(=O)C(C)(c1cccc(O)c1)N1CCCNCC1. The molecule has 0 radical (unpaired) electrons. The molecule has 0 aliphatic carbocycles. The second kappa shape index (κ2) is 6.24. The first-order valence-electron chi connectivity index (χ1n) is 6.92. The molecule has 1 aromatic carbocycles. The number of rotatable bonds is 3. The molecule has 5 nitrogen and oxygen atoms in total. The van der Waals surface area contributed by atoms with Crippen molar-refractivity contribution in [1.29, 1.82) is 0 Å². The molecular weight excluding hydrogens is 256 g/mol. The Morgan fingerprint density at radius 3 is 2.90 bits per heavy atom. The fraction of sp³-hybridized carbons (Fsp3) is 0.533. The zero-order chi connectivity index (χ0) is 14.6. The number of nitrogens with one attached hydrogen (secondary N) is 1. The van der Waals surface area contributed by atoms with E-state index >= 15 is 0 Å². The van der Waals surface area contributed by atoms with Crippen LogP contribution >= 0.6 is 0 Å². The van der Waals surface area contributed by atoms with Gasteiger partial charge >= 0.3 is 5.97 Å². The Balaban J connectivity index is 2.41. The number of esters is 1. The van der Waals surface area contributed by atoms with Crippen molar-refractivity contribution in [3.05, 3.63) is 29.8 Å². The van der Waals surface area contributed by atoms with Crippen molar-refractivity contribution >= 4 is 5.97 Å². The van der Waals surface area contributed by atoms with E-state index in [-0.39, 0.29) is 11.7 Å². The molecule has 2 rings (SSSR count). The zero-order valence-electron chi connectivity index (χ0n) is 12.1. The Morgan fingerprint density at radius 1 is 1.40 bits per heavy atom. The largest absolute Gasteiger partial charge is 0.508 e. The van der Waals surface area contributed by atoms with Crippen LogP contribution in [0.15, 0.2) is 24.3 Å². The summed E-state index contributed by atoms with van der Waals surface area (Å²) in [6.45, 7) is 5.23. The number of carbonyl (C=O) groups is 1. The third kappa shape index (κ3) is 2.78. The number of ether oxygens (including phenoxy) is 1. The van der Waals surface area contributed by atoms with Crippen LogP contribution in [-0.4, -0.2) is 49.3 Å². The molecule has 1 aromatic rings. The topological polar surface area (TPSA) is 61.8 Å². The van der Waals surface area contributed by atoms with Gasteiger partial charge in [0.2, 0.25) is 0 Å². The predicted molar refractivity (Wildman–Crippen MR) is 76.5 cm³/mol. The number of phenolic OH excluding ortho intramolecular Hbond substituents is 1. The number of benzene rings is 1. The van der Waals surface area contributed by atoms with Crippen LogP contribution < -0.4 is 5.32 Å². The fourth-order valence-corrected chi connectivity index (χ4v) is 2.73. The fourth-order valence-electron chi connectivity index (χ4n) is 2.73. The highest BCUT2D eigenvalue weighted by molar-refractivity contribution is 5.82. The molecule has 1 atom stereocenters. The van der Waals surface area contributed by atoms with Gasteiger partial charge in [-0.25, -0.2) is 4.79 Å². The van der Waals surface area contributed by atoms with Gasteiger partial charge in [0.25, 0.3) is 0 Å². The van der Waals surface area contributed by atoms with Crippen LogP contribution in [0.4, 0.5) is 0 Å². The Hall–Kier alpha value is -1.59. The summed E-state index contributed by atoms with van der Waals surface area (Å²) < 4.78 is 5.02. The number of carbonyl (C=O) groups excluding carboxylic acids is 1. The lowest BCUT2D eigenvalue weighted by molar-refractivity contribution is -0.155. The molecule has 0 amide bonds. The molecule has 110 valence electrons. The molecule has 0 bridgehead atoms. The maximum atomic E-state index is 12.4. The van der Waals surface area contributed by atoms with Crippen molar-refractivity contribution in [3.8, 4) is 5.75 Å². The van der Waals surface area contributed by atoms with Gasteiger partial charge in [-0.3, -0.25) is 4.90 Å². The molecule has 5 heteroatoms. The lowest BCUT2D eigenvalue weighted by Crippen LogP contribution is -2.51. The molecular formula is C15H22N2O3. The first-order chi connectivity index (χ1) is 9.59. The van der Waals surface area contributed by atoms with E-state index in [1.54, 1.807) is 18.2 Å². The van der Waals surface area contributed by atoms with Crippen LogP contribution in [0.1, 0.15) is 18.9 Å². The number of hydrogen-bond acceptors (Lipinski definition) is 5. The van der Waals surface area contributed by atoms with Crippen molar-refractivity contribution in [2.24, 2.45) is 0 Å². The van der Waals surface area contributed by atoms with Gasteiger partial charge in [0, 0.05) is 19.6 Å². The van der Waals surface area contributed by atoms with Crippen LogP contribution in [0.25, 0.3) is 0 Å². The molecule has 1 saturated heterocycles. The van der Waals surface area contributed by atoms with E-state index in [1.807, 2.05) is 13.0 Å².